The minimum absolute atomic E-state index is 0.0737. The molecule has 1 unspecified atom stereocenters. The number of carbonyl (C=O) groups excluding carboxylic acids is 1. The van der Waals surface area contributed by atoms with E-state index in [0.29, 0.717) is 35.9 Å². The van der Waals surface area contributed by atoms with Gasteiger partial charge in [-0.1, -0.05) is 0 Å². The smallest absolute Gasteiger partial charge is 0.254 e. The van der Waals surface area contributed by atoms with Crippen LogP contribution in [0.2, 0.25) is 0 Å². The van der Waals surface area contributed by atoms with Crippen molar-refractivity contribution < 1.29 is 14.3 Å². The van der Waals surface area contributed by atoms with E-state index in [2.05, 4.69) is 35.9 Å². The molecule has 2 aliphatic heterocycles. The van der Waals surface area contributed by atoms with E-state index in [9.17, 15) is 9.59 Å². The van der Waals surface area contributed by atoms with Gasteiger partial charge in [-0.15, -0.1) is 11.3 Å². The highest BCUT2D eigenvalue weighted by Crippen LogP contribution is 2.55. The first-order valence-corrected chi connectivity index (χ1v) is 15.1. The highest BCUT2D eigenvalue weighted by molar-refractivity contribution is 7.13. The number of benzene rings is 1. The van der Waals surface area contributed by atoms with Gasteiger partial charge in [0.2, 0.25) is 0 Å². The Labute approximate surface area is 239 Å². The van der Waals surface area contributed by atoms with Crippen LogP contribution in [0, 0.1) is 26.7 Å². The average Bonchev–Trinajstić information content (AvgIpc) is 3.56. The quantitative estimate of drug-likeness (QED) is 0.458. The van der Waals surface area contributed by atoms with E-state index in [1.165, 1.54) is 0 Å². The van der Waals surface area contributed by atoms with Crippen LogP contribution in [0.3, 0.4) is 0 Å². The Bertz CT molecular complexity index is 1520. The fraction of sp³-hybridized carbons (Fsp3) is 0.516. The van der Waals surface area contributed by atoms with Crippen LogP contribution in [-0.4, -0.2) is 58.1 Å². The highest BCUT2D eigenvalue weighted by Gasteiger charge is 2.49. The molecule has 1 aliphatic carbocycles. The zero-order valence-electron chi connectivity index (χ0n) is 24.2. The molecule has 1 N–H and O–H groups in total. The van der Waals surface area contributed by atoms with Gasteiger partial charge >= 0.3 is 0 Å². The van der Waals surface area contributed by atoms with Crippen LogP contribution in [0.25, 0.3) is 10.4 Å². The summed E-state index contributed by atoms with van der Waals surface area (Å²) in [7, 11) is 4.30. The second-order valence-electron chi connectivity index (χ2n) is 12.0. The lowest BCUT2D eigenvalue weighted by atomic mass is 9.81. The summed E-state index contributed by atoms with van der Waals surface area (Å²) in [5.74, 6) is 0.799. The number of thiazole rings is 1. The Balaban J connectivity index is 1.38. The van der Waals surface area contributed by atoms with E-state index < -0.39 is 5.79 Å². The van der Waals surface area contributed by atoms with E-state index in [1.54, 1.807) is 16.2 Å². The molecule has 1 atom stereocenters. The zero-order valence-corrected chi connectivity index (χ0v) is 25.0. The third kappa shape index (κ3) is 4.43. The van der Waals surface area contributed by atoms with Crippen molar-refractivity contribution in [2.75, 3.05) is 20.6 Å². The van der Waals surface area contributed by atoms with Crippen LogP contribution in [0.15, 0.2) is 22.6 Å². The largest absolute Gasteiger partial charge is 0.448 e. The summed E-state index contributed by atoms with van der Waals surface area (Å²) in [5.41, 5.74) is 7.42. The first kappa shape index (κ1) is 27.0. The molecule has 3 aliphatic rings. The number of aryl methyl sites for hydroxylation is 2. The van der Waals surface area contributed by atoms with Crippen LogP contribution in [0.5, 0.6) is 11.5 Å². The molecule has 0 saturated heterocycles. The molecule has 212 valence electrons. The lowest BCUT2D eigenvalue weighted by molar-refractivity contribution is -0.123. The molecule has 6 rings (SSSR count). The van der Waals surface area contributed by atoms with Gasteiger partial charge in [0.1, 0.15) is 0 Å². The molecule has 1 aromatic carbocycles. The molecular formula is C31H38N4O4S. The minimum atomic E-state index is -0.789. The summed E-state index contributed by atoms with van der Waals surface area (Å²) in [6.07, 6.45) is 6.79. The number of aromatic nitrogens is 2. The Morgan fingerprint density at radius 2 is 1.82 bits per heavy atom. The van der Waals surface area contributed by atoms with Crippen LogP contribution in [0.1, 0.15) is 70.9 Å². The Morgan fingerprint density at radius 3 is 2.48 bits per heavy atom. The first-order valence-electron chi connectivity index (χ1n) is 14.2. The van der Waals surface area contributed by atoms with Crippen molar-refractivity contribution >= 4 is 17.2 Å². The van der Waals surface area contributed by atoms with Gasteiger partial charge in [-0.25, -0.2) is 0 Å². The van der Waals surface area contributed by atoms with Crippen molar-refractivity contribution in [3.8, 4) is 21.9 Å². The second kappa shape index (κ2) is 10.0. The molecular weight excluding hydrogens is 524 g/mol. The van der Waals surface area contributed by atoms with Gasteiger partial charge in [0.05, 0.1) is 22.5 Å². The number of nitrogens with one attached hydrogen (secondary N) is 1. The maximum atomic E-state index is 14.1. The third-order valence-corrected chi connectivity index (χ3v) is 9.98. The van der Waals surface area contributed by atoms with Crippen LogP contribution < -0.4 is 15.0 Å². The number of H-pyrrole nitrogens is 1. The summed E-state index contributed by atoms with van der Waals surface area (Å²) < 4.78 is 13.5. The fourth-order valence-corrected chi connectivity index (χ4v) is 7.57. The number of rotatable bonds is 5. The Morgan fingerprint density at radius 1 is 1.10 bits per heavy atom. The average molecular weight is 563 g/mol. The van der Waals surface area contributed by atoms with E-state index in [-0.39, 0.29) is 23.9 Å². The van der Waals surface area contributed by atoms with Crippen molar-refractivity contribution in [3.05, 3.63) is 61.6 Å². The minimum Gasteiger partial charge on any atom is -0.448 e. The van der Waals surface area contributed by atoms with E-state index in [4.69, 9.17) is 9.47 Å². The van der Waals surface area contributed by atoms with Gasteiger partial charge in [0, 0.05) is 54.0 Å². The number of amides is 1. The number of hydrogen-bond donors (Lipinski definition) is 1. The third-order valence-electron chi connectivity index (χ3n) is 9.18. The van der Waals surface area contributed by atoms with Crippen molar-refractivity contribution in [3.63, 3.8) is 0 Å². The molecule has 2 aromatic heterocycles. The summed E-state index contributed by atoms with van der Waals surface area (Å²) in [6, 6.07) is 2.54. The fourth-order valence-electron chi connectivity index (χ4n) is 6.88. The Hall–Kier alpha value is -3.17. The molecule has 1 saturated carbocycles. The number of nitrogens with zero attached hydrogens (tertiary/aromatic N) is 3. The number of hydrogen-bond acceptors (Lipinski definition) is 7. The molecule has 1 fully saturated rings. The van der Waals surface area contributed by atoms with Crippen LogP contribution in [0.4, 0.5) is 0 Å². The number of ether oxygens (including phenoxy) is 2. The van der Waals surface area contributed by atoms with Gasteiger partial charge in [0.15, 0.2) is 11.5 Å². The molecule has 40 heavy (non-hydrogen) atoms. The monoisotopic (exact) mass is 562 g/mol. The summed E-state index contributed by atoms with van der Waals surface area (Å²) in [6.45, 7) is 8.62. The predicted octanol–water partition coefficient (Wildman–Crippen LogP) is 5.23. The van der Waals surface area contributed by atoms with Crippen molar-refractivity contribution in [2.24, 2.45) is 5.92 Å². The molecule has 0 radical (unpaired) electrons. The first-order chi connectivity index (χ1) is 19.1. The van der Waals surface area contributed by atoms with Gasteiger partial charge < -0.3 is 24.3 Å². The maximum absolute atomic E-state index is 14.1. The molecule has 0 spiro atoms. The van der Waals surface area contributed by atoms with Crippen LogP contribution in [-0.2, 0) is 13.0 Å². The molecule has 1 amide bonds. The molecule has 4 heterocycles. The van der Waals surface area contributed by atoms with Gasteiger partial charge in [-0.05, 0) is 84.2 Å². The van der Waals surface area contributed by atoms with Crippen molar-refractivity contribution in [1.82, 2.24) is 19.8 Å². The standard InChI is InChI=1S/C31H38N4O4S/c1-17-13-18(2)33-29(36)23(17)15-35-12-11-22-25(30(35)37)19(3)27-28(26(22)24-14-32-16-40-24)39-31(4,38-27)20-7-9-21(10-8-20)34(5)6/h13-14,16,20-21H,7-12,15H2,1-6H3,(H,33,36)/t20-,21-,31?. The van der Waals surface area contributed by atoms with Crippen LogP contribution >= 0.6 is 11.3 Å². The molecule has 8 nitrogen and oxygen atoms in total. The van der Waals surface area contributed by atoms with E-state index in [1.807, 2.05) is 38.5 Å². The number of fused-ring (bicyclic) bond motifs is 2. The van der Waals surface area contributed by atoms with Gasteiger partial charge in [-0.3, -0.25) is 14.6 Å². The maximum Gasteiger partial charge on any atom is 0.254 e. The molecule has 3 aromatic rings. The second-order valence-corrected chi connectivity index (χ2v) is 12.9. The van der Waals surface area contributed by atoms with Crippen molar-refractivity contribution in [2.45, 2.75) is 78.2 Å². The van der Waals surface area contributed by atoms with E-state index >= 15 is 0 Å². The number of aromatic amines is 1. The van der Waals surface area contributed by atoms with Gasteiger partial charge in [-0.2, -0.15) is 0 Å². The highest BCUT2D eigenvalue weighted by atomic mass is 32.1. The Kier molecular flexibility index (Phi) is 6.78. The topological polar surface area (TPSA) is 87.8 Å². The van der Waals surface area contributed by atoms with E-state index in [0.717, 1.165) is 64.3 Å². The lowest BCUT2D eigenvalue weighted by Crippen LogP contribution is -2.46. The van der Waals surface area contributed by atoms with Gasteiger partial charge in [0.25, 0.3) is 17.3 Å². The normalized spacial score (nSPS) is 24.1. The van der Waals surface area contributed by atoms with Crippen molar-refractivity contribution in [1.29, 1.82) is 0 Å². The molecule has 0 bridgehead atoms. The number of pyridine rings is 1. The predicted molar refractivity (Wildman–Crippen MR) is 156 cm³/mol. The molecule has 9 heteroatoms. The summed E-state index contributed by atoms with van der Waals surface area (Å²) >= 11 is 1.55. The number of carbonyl (C=O) groups is 1. The summed E-state index contributed by atoms with van der Waals surface area (Å²) in [5, 5.41) is 0. The summed E-state index contributed by atoms with van der Waals surface area (Å²) in [4.78, 5) is 39.2. The zero-order chi connectivity index (χ0) is 28.3. The lowest BCUT2D eigenvalue weighted by Gasteiger charge is -2.39. The SMILES string of the molecule is Cc1cc(C)c(CN2CCc3c(c(C)c4c(c3-c3cncs3)OC(C)([C@H]3CC[C@H](N(C)C)CC3)O4)C2=O)c(=O)[nH]1.